The highest BCUT2D eigenvalue weighted by atomic mass is 19.1. The average Bonchev–Trinajstić information content (AvgIpc) is 2.38. The van der Waals surface area contributed by atoms with Gasteiger partial charge in [0.15, 0.2) is 0 Å². The van der Waals surface area contributed by atoms with Gasteiger partial charge in [-0.15, -0.1) is 0 Å². The highest BCUT2D eigenvalue weighted by molar-refractivity contribution is 5.73. The van der Waals surface area contributed by atoms with Crippen LogP contribution in [0.1, 0.15) is 5.56 Å². The second kappa shape index (κ2) is 5.52. The summed E-state index contributed by atoms with van der Waals surface area (Å²) in [5.74, 6) is -0.631. The second-order valence-electron chi connectivity index (χ2n) is 4.15. The fourth-order valence-electron chi connectivity index (χ4n) is 1.86. The number of hydrogen-bond acceptors (Lipinski definition) is 2. The van der Waals surface area contributed by atoms with E-state index in [1.165, 1.54) is 19.2 Å². The van der Waals surface area contributed by atoms with E-state index in [4.69, 9.17) is 9.84 Å². The predicted molar refractivity (Wildman–Crippen MR) is 69.7 cm³/mol. The molecule has 0 heterocycles. The van der Waals surface area contributed by atoms with Gasteiger partial charge in [0.2, 0.25) is 0 Å². The van der Waals surface area contributed by atoms with Crippen LogP contribution in [0.15, 0.2) is 42.5 Å². The number of benzene rings is 2. The van der Waals surface area contributed by atoms with Crippen molar-refractivity contribution >= 4 is 5.97 Å². The molecule has 0 saturated heterocycles. The fourth-order valence-corrected chi connectivity index (χ4v) is 1.86. The van der Waals surface area contributed by atoms with Crippen molar-refractivity contribution in [3.8, 4) is 16.9 Å². The molecule has 0 aromatic heterocycles. The second-order valence-corrected chi connectivity index (χ2v) is 4.15. The molecule has 2 aromatic carbocycles. The molecule has 0 saturated carbocycles. The Bertz CT molecular complexity index is 591. The van der Waals surface area contributed by atoms with Gasteiger partial charge in [0, 0.05) is 0 Å². The van der Waals surface area contributed by atoms with Gasteiger partial charge in [-0.2, -0.15) is 0 Å². The van der Waals surface area contributed by atoms with Crippen LogP contribution in [0.3, 0.4) is 0 Å². The molecule has 3 nitrogen and oxygen atoms in total. The molecule has 0 aliphatic heterocycles. The zero-order valence-electron chi connectivity index (χ0n) is 10.4. The van der Waals surface area contributed by atoms with Crippen LogP contribution in [-0.2, 0) is 11.2 Å². The summed E-state index contributed by atoms with van der Waals surface area (Å²) in [5, 5.41) is 8.84. The highest BCUT2D eigenvalue weighted by Crippen LogP contribution is 2.26. The van der Waals surface area contributed by atoms with Gasteiger partial charge in [-0.3, -0.25) is 4.79 Å². The Morgan fingerprint density at radius 1 is 1.16 bits per heavy atom. The Morgan fingerprint density at radius 2 is 1.84 bits per heavy atom. The van der Waals surface area contributed by atoms with Crippen molar-refractivity contribution in [3.05, 3.63) is 53.8 Å². The molecule has 19 heavy (non-hydrogen) atoms. The van der Waals surface area contributed by atoms with Crippen molar-refractivity contribution in [2.45, 2.75) is 6.42 Å². The molecule has 0 unspecified atom stereocenters. The van der Waals surface area contributed by atoms with Crippen LogP contribution in [0.5, 0.6) is 5.75 Å². The van der Waals surface area contributed by atoms with E-state index in [1.54, 1.807) is 30.3 Å². The molecule has 0 amide bonds. The molecule has 2 rings (SSSR count). The summed E-state index contributed by atoms with van der Waals surface area (Å²) in [6, 6.07) is 11.3. The summed E-state index contributed by atoms with van der Waals surface area (Å²) in [6.45, 7) is 0. The number of carboxylic acid groups (broad SMARTS) is 1. The minimum Gasteiger partial charge on any atom is -0.497 e. The predicted octanol–water partition coefficient (Wildman–Crippen LogP) is 3.13. The molecular formula is C15H13FO3. The van der Waals surface area contributed by atoms with Gasteiger partial charge in [-0.25, -0.2) is 4.39 Å². The maximum absolute atomic E-state index is 12.9. The highest BCUT2D eigenvalue weighted by Gasteiger charge is 2.07. The van der Waals surface area contributed by atoms with Gasteiger partial charge in [-0.1, -0.05) is 18.2 Å². The largest absolute Gasteiger partial charge is 0.497 e. The smallest absolute Gasteiger partial charge is 0.307 e. The van der Waals surface area contributed by atoms with Crippen LogP contribution in [-0.4, -0.2) is 18.2 Å². The minimum absolute atomic E-state index is 0.0780. The summed E-state index contributed by atoms with van der Waals surface area (Å²) in [6.07, 6.45) is -0.0780. The van der Waals surface area contributed by atoms with Crippen LogP contribution in [0, 0.1) is 5.82 Å². The Labute approximate surface area is 110 Å². The molecule has 1 N–H and O–H groups in total. The molecular weight excluding hydrogens is 247 g/mol. The van der Waals surface area contributed by atoms with Crippen molar-refractivity contribution in [1.29, 1.82) is 0 Å². The first-order chi connectivity index (χ1) is 9.08. The normalized spacial score (nSPS) is 10.2. The first-order valence-corrected chi connectivity index (χ1v) is 5.74. The standard InChI is InChI=1S/C15H13FO3/c1-19-14-7-10(8-15(17)18)6-12(9-14)11-2-4-13(16)5-3-11/h2-7,9H,8H2,1H3,(H,17,18). The summed E-state index contributed by atoms with van der Waals surface area (Å²) in [4.78, 5) is 10.8. The van der Waals surface area contributed by atoms with E-state index in [0.29, 0.717) is 11.3 Å². The molecule has 0 fully saturated rings. The lowest BCUT2D eigenvalue weighted by Gasteiger charge is -2.08. The van der Waals surface area contributed by atoms with Crippen molar-refractivity contribution in [3.63, 3.8) is 0 Å². The van der Waals surface area contributed by atoms with Crippen LogP contribution >= 0.6 is 0 Å². The number of methoxy groups -OCH3 is 1. The van der Waals surface area contributed by atoms with E-state index in [0.717, 1.165) is 11.1 Å². The zero-order valence-corrected chi connectivity index (χ0v) is 10.4. The number of carbonyl (C=O) groups is 1. The van der Waals surface area contributed by atoms with E-state index in [9.17, 15) is 9.18 Å². The van der Waals surface area contributed by atoms with Crippen LogP contribution in [0.4, 0.5) is 4.39 Å². The molecule has 0 atom stereocenters. The number of ether oxygens (including phenoxy) is 1. The van der Waals surface area contributed by atoms with E-state index < -0.39 is 5.97 Å². The Hall–Kier alpha value is -2.36. The van der Waals surface area contributed by atoms with E-state index in [2.05, 4.69) is 0 Å². The third kappa shape index (κ3) is 3.31. The Morgan fingerprint density at radius 3 is 2.42 bits per heavy atom. The lowest BCUT2D eigenvalue weighted by Crippen LogP contribution is -2.00. The van der Waals surface area contributed by atoms with Gasteiger partial charge in [0.25, 0.3) is 0 Å². The molecule has 0 radical (unpaired) electrons. The average molecular weight is 260 g/mol. The van der Waals surface area contributed by atoms with Crippen molar-refractivity contribution in [2.75, 3.05) is 7.11 Å². The third-order valence-corrected chi connectivity index (χ3v) is 2.73. The van der Waals surface area contributed by atoms with Crippen LogP contribution in [0.25, 0.3) is 11.1 Å². The molecule has 0 aliphatic carbocycles. The first kappa shape index (κ1) is 13.1. The van der Waals surface area contributed by atoms with Crippen molar-refractivity contribution in [1.82, 2.24) is 0 Å². The van der Waals surface area contributed by atoms with E-state index >= 15 is 0 Å². The lowest BCUT2D eigenvalue weighted by atomic mass is 10.0. The van der Waals surface area contributed by atoms with E-state index in [-0.39, 0.29) is 12.2 Å². The van der Waals surface area contributed by atoms with Crippen LogP contribution < -0.4 is 4.74 Å². The fraction of sp³-hybridized carbons (Fsp3) is 0.133. The monoisotopic (exact) mass is 260 g/mol. The summed E-state index contributed by atoms with van der Waals surface area (Å²) >= 11 is 0. The minimum atomic E-state index is -0.904. The SMILES string of the molecule is COc1cc(CC(=O)O)cc(-c2ccc(F)cc2)c1. The first-order valence-electron chi connectivity index (χ1n) is 5.74. The molecule has 2 aromatic rings. The lowest BCUT2D eigenvalue weighted by molar-refractivity contribution is -0.136. The van der Waals surface area contributed by atoms with Gasteiger partial charge in [0.05, 0.1) is 13.5 Å². The van der Waals surface area contributed by atoms with Gasteiger partial charge >= 0.3 is 5.97 Å². The summed E-state index contributed by atoms with van der Waals surface area (Å²) in [5.41, 5.74) is 2.26. The number of carboxylic acids is 1. The Balaban J connectivity index is 2.44. The topological polar surface area (TPSA) is 46.5 Å². The van der Waals surface area contributed by atoms with Gasteiger partial charge < -0.3 is 9.84 Å². The van der Waals surface area contributed by atoms with Gasteiger partial charge in [-0.05, 0) is 41.0 Å². The number of halogens is 1. The van der Waals surface area contributed by atoms with Gasteiger partial charge in [0.1, 0.15) is 11.6 Å². The number of aliphatic carboxylic acids is 1. The molecule has 0 aliphatic rings. The Kier molecular flexibility index (Phi) is 3.80. The molecule has 98 valence electrons. The molecule has 0 spiro atoms. The van der Waals surface area contributed by atoms with Crippen molar-refractivity contribution < 1.29 is 19.0 Å². The molecule has 0 bridgehead atoms. The quantitative estimate of drug-likeness (QED) is 0.918. The maximum atomic E-state index is 12.9. The van der Waals surface area contributed by atoms with Crippen molar-refractivity contribution in [2.24, 2.45) is 0 Å². The summed E-state index contributed by atoms with van der Waals surface area (Å²) in [7, 11) is 1.52. The number of rotatable bonds is 4. The van der Waals surface area contributed by atoms with E-state index in [1.807, 2.05) is 0 Å². The molecule has 4 heteroatoms. The number of hydrogen-bond donors (Lipinski definition) is 1. The zero-order chi connectivity index (χ0) is 13.8. The third-order valence-electron chi connectivity index (χ3n) is 2.73. The van der Waals surface area contributed by atoms with Crippen LogP contribution in [0.2, 0.25) is 0 Å². The summed E-state index contributed by atoms with van der Waals surface area (Å²) < 4.78 is 18.1. The maximum Gasteiger partial charge on any atom is 0.307 e.